The minimum absolute atomic E-state index is 0.356. The third kappa shape index (κ3) is 5.58. The minimum Gasteiger partial charge on any atom is -0.491 e. The van der Waals surface area contributed by atoms with Crippen LogP contribution in [-0.4, -0.2) is 42.4 Å². The van der Waals surface area contributed by atoms with Crippen molar-refractivity contribution in [1.82, 2.24) is 4.90 Å². The summed E-state index contributed by atoms with van der Waals surface area (Å²) in [5, 5.41) is 10.3. The van der Waals surface area contributed by atoms with Gasteiger partial charge in [-0.3, -0.25) is 0 Å². The highest BCUT2D eigenvalue weighted by molar-refractivity contribution is 5.31. The van der Waals surface area contributed by atoms with Gasteiger partial charge in [-0.15, -0.1) is 0 Å². The number of hydrogen-bond acceptors (Lipinski definition) is 3. The predicted octanol–water partition coefficient (Wildman–Crippen LogP) is 3.69. The van der Waals surface area contributed by atoms with E-state index in [2.05, 4.69) is 35.2 Å². The second-order valence-electron chi connectivity index (χ2n) is 7.16. The average molecular weight is 339 g/mol. The minimum atomic E-state index is -0.440. The first-order chi connectivity index (χ1) is 12.2. The standard InChI is InChI=1S/C22H29NO2/c1-18-7-5-6-10-22(18)25-17-21(24)16-23-13-11-20(12-14-23)15-19-8-3-2-4-9-19/h2-10,20-21,24H,11-17H2,1H3/t21-/m1/s1. The van der Waals surface area contributed by atoms with Gasteiger partial charge in [0.1, 0.15) is 18.5 Å². The first kappa shape index (κ1) is 18.0. The molecule has 3 rings (SSSR count). The number of ether oxygens (including phenoxy) is 1. The number of piperidine rings is 1. The lowest BCUT2D eigenvalue weighted by molar-refractivity contribution is 0.0549. The molecule has 0 aliphatic carbocycles. The number of likely N-dealkylation sites (tertiary alicyclic amines) is 1. The summed E-state index contributed by atoms with van der Waals surface area (Å²) in [7, 11) is 0. The van der Waals surface area contributed by atoms with E-state index in [1.54, 1.807) is 0 Å². The van der Waals surface area contributed by atoms with Crippen molar-refractivity contribution in [3.05, 3.63) is 65.7 Å². The van der Waals surface area contributed by atoms with Gasteiger partial charge in [-0.2, -0.15) is 0 Å². The Labute approximate surface area is 151 Å². The van der Waals surface area contributed by atoms with Crippen molar-refractivity contribution >= 4 is 0 Å². The molecule has 0 amide bonds. The van der Waals surface area contributed by atoms with Crippen LogP contribution in [0.4, 0.5) is 0 Å². The summed E-state index contributed by atoms with van der Waals surface area (Å²) in [5.41, 5.74) is 2.55. The second-order valence-corrected chi connectivity index (χ2v) is 7.16. The Bertz CT molecular complexity index is 635. The molecule has 0 aromatic heterocycles. The van der Waals surface area contributed by atoms with Crippen LogP contribution in [-0.2, 0) is 6.42 Å². The lowest BCUT2D eigenvalue weighted by Gasteiger charge is -2.33. The molecular weight excluding hydrogens is 310 g/mol. The van der Waals surface area contributed by atoms with E-state index in [0.717, 1.165) is 30.3 Å². The van der Waals surface area contributed by atoms with Gasteiger partial charge in [0, 0.05) is 6.54 Å². The smallest absolute Gasteiger partial charge is 0.122 e. The third-order valence-corrected chi connectivity index (χ3v) is 5.07. The molecule has 25 heavy (non-hydrogen) atoms. The zero-order chi connectivity index (χ0) is 17.5. The molecular formula is C22H29NO2. The molecule has 1 N–H and O–H groups in total. The largest absolute Gasteiger partial charge is 0.491 e. The SMILES string of the molecule is Cc1ccccc1OC[C@H](O)CN1CCC(Cc2ccccc2)CC1. The number of β-amino-alcohol motifs (C(OH)–C–C–N with tert-alkyl or cyclic N) is 1. The highest BCUT2D eigenvalue weighted by Gasteiger charge is 2.21. The molecule has 1 saturated heterocycles. The maximum Gasteiger partial charge on any atom is 0.122 e. The molecule has 0 bridgehead atoms. The van der Waals surface area contributed by atoms with E-state index in [0.29, 0.717) is 13.2 Å². The van der Waals surface area contributed by atoms with Crippen LogP contribution in [0, 0.1) is 12.8 Å². The number of aliphatic hydroxyl groups excluding tert-OH is 1. The first-order valence-electron chi connectivity index (χ1n) is 9.33. The Balaban J connectivity index is 1.37. The quantitative estimate of drug-likeness (QED) is 0.835. The summed E-state index contributed by atoms with van der Waals surface area (Å²) in [6, 6.07) is 18.7. The summed E-state index contributed by atoms with van der Waals surface area (Å²) in [4.78, 5) is 2.37. The van der Waals surface area contributed by atoms with Crippen LogP contribution in [0.2, 0.25) is 0 Å². The Morgan fingerprint density at radius 2 is 1.72 bits per heavy atom. The first-order valence-corrected chi connectivity index (χ1v) is 9.33. The van der Waals surface area contributed by atoms with E-state index in [9.17, 15) is 5.11 Å². The van der Waals surface area contributed by atoms with Gasteiger partial charge in [0.25, 0.3) is 0 Å². The summed E-state index contributed by atoms with van der Waals surface area (Å²) in [6.45, 7) is 5.22. The van der Waals surface area contributed by atoms with Gasteiger partial charge in [-0.1, -0.05) is 48.5 Å². The molecule has 3 nitrogen and oxygen atoms in total. The number of benzene rings is 2. The fourth-order valence-corrected chi connectivity index (χ4v) is 3.58. The molecule has 134 valence electrons. The average Bonchev–Trinajstić information content (AvgIpc) is 2.64. The number of nitrogens with zero attached hydrogens (tertiary/aromatic N) is 1. The molecule has 1 atom stereocenters. The molecule has 3 heteroatoms. The summed E-state index contributed by atoms with van der Waals surface area (Å²) >= 11 is 0. The molecule has 1 aliphatic heterocycles. The third-order valence-electron chi connectivity index (χ3n) is 5.07. The van der Waals surface area contributed by atoms with Crippen LogP contribution in [0.5, 0.6) is 5.75 Å². The van der Waals surface area contributed by atoms with Crippen LogP contribution in [0.3, 0.4) is 0 Å². The van der Waals surface area contributed by atoms with E-state index in [-0.39, 0.29) is 0 Å². The van der Waals surface area contributed by atoms with Crippen LogP contribution in [0.25, 0.3) is 0 Å². The molecule has 0 saturated carbocycles. The maximum atomic E-state index is 10.3. The Kier molecular flexibility index (Phi) is 6.48. The van der Waals surface area contributed by atoms with Crippen molar-refractivity contribution in [2.45, 2.75) is 32.3 Å². The monoisotopic (exact) mass is 339 g/mol. The Morgan fingerprint density at radius 1 is 1.04 bits per heavy atom. The van der Waals surface area contributed by atoms with Crippen LogP contribution < -0.4 is 4.74 Å². The van der Waals surface area contributed by atoms with Crippen LogP contribution >= 0.6 is 0 Å². The van der Waals surface area contributed by atoms with Gasteiger partial charge in [0.2, 0.25) is 0 Å². The molecule has 2 aromatic rings. The zero-order valence-electron chi connectivity index (χ0n) is 15.1. The van der Waals surface area contributed by atoms with Crippen LogP contribution in [0.1, 0.15) is 24.0 Å². The van der Waals surface area contributed by atoms with Crippen LogP contribution in [0.15, 0.2) is 54.6 Å². The van der Waals surface area contributed by atoms with Gasteiger partial charge in [-0.05, 0) is 62.4 Å². The van der Waals surface area contributed by atoms with E-state index >= 15 is 0 Å². The van der Waals surface area contributed by atoms with Crippen molar-refractivity contribution in [3.63, 3.8) is 0 Å². The number of hydrogen-bond donors (Lipinski definition) is 1. The lowest BCUT2D eigenvalue weighted by atomic mass is 9.90. The molecule has 1 heterocycles. The molecule has 1 fully saturated rings. The van der Waals surface area contributed by atoms with Crippen molar-refractivity contribution in [2.75, 3.05) is 26.2 Å². The number of aryl methyl sites for hydroxylation is 1. The number of para-hydroxylation sites is 1. The Morgan fingerprint density at radius 3 is 2.44 bits per heavy atom. The van der Waals surface area contributed by atoms with Crippen molar-refractivity contribution < 1.29 is 9.84 Å². The van der Waals surface area contributed by atoms with E-state index in [4.69, 9.17) is 4.74 Å². The van der Waals surface area contributed by atoms with Gasteiger partial charge in [-0.25, -0.2) is 0 Å². The van der Waals surface area contributed by atoms with E-state index < -0.39 is 6.10 Å². The summed E-state index contributed by atoms with van der Waals surface area (Å²) in [6.07, 6.45) is 3.15. The van der Waals surface area contributed by atoms with Gasteiger partial charge < -0.3 is 14.7 Å². The Hall–Kier alpha value is -1.84. The zero-order valence-corrected chi connectivity index (χ0v) is 15.1. The second kappa shape index (κ2) is 9.02. The van der Waals surface area contributed by atoms with Gasteiger partial charge in [0.05, 0.1) is 0 Å². The normalized spacial score (nSPS) is 17.4. The molecule has 0 unspecified atom stereocenters. The van der Waals surface area contributed by atoms with Crippen molar-refractivity contribution in [2.24, 2.45) is 5.92 Å². The van der Waals surface area contributed by atoms with E-state index in [1.807, 2.05) is 31.2 Å². The topological polar surface area (TPSA) is 32.7 Å². The number of aliphatic hydroxyl groups is 1. The van der Waals surface area contributed by atoms with Crippen molar-refractivity contribution in [3.8, 4) is 5.75 Å². The van der Waals surface area contributed by atoms with Gasteiger partial charge >= 0.3 is 0 Å². The maximum absolute atomic E-state index is 10.3. The summed E-state index contributed by atoms with van der Waals surface area (Å²) in [5.74, 6) is 1.63. The highest BCUT2D eigenvalue weighted by Crippen LogP contribution is 2.22. The number of rotatable bonds is 7. The van der Waals surface area contributed by atoms with Gasteiger partial charge in [0.15, 0.2) is 0 Å². The lowest BCUT2D eigenvalue weighted by Crippen LogP contribution is -2.41. The summed E-state index contributed by atoms with van der Waals surface area (Å²) < 4.78 is 5.76. The fourth-order valence-electron chi connectivity index (χ4n) is 3.58. The molecule has 2 aromatic carbocycles. The molecule has 1 aliphatic rings. The molecule has 0 spiro atoms. The predicted molar refractivity (Wildman–Crippen MR) is 102 cm³/mol. The fraction of sp³-hybridized carbons (Fsp3) is 0.455. The molecule has 0 radical (unpaired) electrons. The highest BCUT2D eigenvalue weighted by atomic mass is 16.5. The van der Waals surface area contributed by atoms with Crippen molar-refractivity contribution in [1.29, 1.82) is 0 Å². The van der Waals surface area contributed by atoms with E-state index in [1.165, 1.54) is 24.8 Å².